The van der Waals surface area contributed by atoms with Crippen molar-refractivity contribution in [2.75, 3.05) is 6.61 Å². The summed E-state index contributed by atoms with van der Waals surface area (Å²) in [4.78, 5) is 10.8. The van der Waals surface area contributed by atoms with E-state index in [0.29, 0.717) is 6.61 Å². The summed E-state index contributed by atoms with van der Waals surface area (Å²) in [6, 6.07) is 9.75. The van der Waals surface area contributed by atoms with Crippen LogP contribution >= 0.6 is 0 Å². The van der Waals surface area contributed by atoms with E-state index in [-0.39, 0.29) is 0 Å². The minimum Gasteiger partial charge on any atom is -0.456 e. The predicted molar refractivity (Wildman–Crippen MR) is 59.9 cm³/mol. The Morgan fingerprint density at radius 2 is 2.13 bits per heavy atom. The normalized spacial score (nSPS) is 9.40. The Morgan fingerprint density at radius 1 is 1.40 bits per heavy atom. The van der Waals surface area contributed by atoms with Gasteiger partial charge in [-0.25, -0.2) is 4.79 Å². The van der Waals surface area contributed by atoms with Gasteiger partial charge in [-0.1, -0.05) is 36.3 Å². The van der Waals surface area contributed by atoms with Crippen molar-refractivity contribution in [2.24, 2.45) is 0 Å². The van der Waals surface area contributed by atoms with E-state index in [0.717, 1.165) is 5.56 Å². The largest absolute Gasteiger partial charge is 0.456 e. The Morgan fingerprint density at radius 3 is 2.80 bits per heavy atom. The van der Waals surface area contributed by atoms with Gasteiger partial charge in [0.15, 0.2) is 0 Å². The zero-order valence-corrected chi connectivity index (χ0v) is 8.57. The summed E-state index contributed by atoms with van der Waals surface area (Å²) in [5, 5.41) is 0. The van der Waals surface area contributed by atoms with E-state index in [9.17, 15) is 4.79 Å². The highest BCUT2D eigenvalue weighted by atomic mass is 16.5. The average Bonchev–Trinajstić information content (AvgIpc) is 2.26. The van der Waals surface area contributed by atoms with Crippen LogP contribution in [0.2, 0.25) is 0 Å². The summed E-state index contributed by atoms with van der Waals surface area (Å²) >= 11 is 0. The molecule has 0 atom stereocenters. The number of allylic oxidation sites excluding steroid dienone is 1. The molecule has 0 aromatic heterocycles. The summed E-state index contributed by atoms with van der Waals surface area (Å²) in [5.74, 6) is 4.48. The van der Waals surface area contributed by atoms with Gasteiger partial charge >= 0.3 is 5.97 Å². The van der Waals surface area contributed by atoms with Gasteiger partial charge < -0.3 is 4.74 Å². The highest BCUT2D eigenvalue weighted by Crippen LogP contribution is 1.99. The molecule has 0 spiro atoms. The van der Waals surface area contributed by atoms with Gasteiger partial charge in [-0.3, -0.25) is 0 Å². The van der Waals surface area contributed by atoms with Gasteiger partial charge in [-0.15, -0.1) is 0 Å². The first-order chi connectivity index (χ1) is 7.33. The maximum atomic E-state index is 10.8. The molecule has 1 aromatic rings. The summed E-state index contributed by atoms with van der Waals surface area (Å²) in [5.41, 5.74) is 1.05. The summed E-state index contributed by atoms with van der Waals surface area (Å²) in [6.45, 7) is 2.11. The molecule has 2 nitrogen and oxygen atoms in total. The molecule has 0 bridgehead atoms. The Hall–Kier alpha value is -2.01. The molecule has 0 radical (unpaired) electrons. The van der Waals surface area contributed by atoms with Crippen molar-refractivity contribution in [3.8, 4) is 11.8 Å². The van der Waals surface area contributed by atoms with Crippen LogP contribution in [0.15, 0.2) is 36.4 Å². The van der Waals surface area contributed by atoms with Gasteiger partial charge in [-0.05, 0) is 24.6 Å². The molecule has 0 N–H and O–H groups in total. The van der Waals surface area contributed by atoms with Crippen LogP contribution in [0, 0.1) is 11.8 Å². The molecule has 0 aliphatic rings. The minimum atomic E-state index is -0.491. The van der Waals surface area contributed by atoms with E-state index >= 15 is 0 Å². The molecule has 0 heterocycles. The average molecular weight is 200 g/mol. The first kappa shape index (κ1) is 11.1. The van der Waals surface area contributed by atoms with Crippen LogP contribution in [0.5, 0.6) is 0 Å². The molecular formula is C13H12O2. The van der Waals surface area contributed by atoms with Crippen molar-refractivity contribution in [2.45, 2.75) is 6.92 Å². The summed E-state index contributed by atoms with van der Waals surface area (Å²) < 4.78 is 4.65. The molecule has 1 rings (SSSR count). The number of carbonyl (C=O) groups is 1. The van der Waals surface area contributed by atoms with Crippen LogP contribution in [-0.4, -0.2) is 12.6 Å². The highest BCUT2D eigenvalue weighted by Gasteiger charge is 1.89. The first-order valence-corrected chi connectivity index (χ1v) is 4.73. The zero-order valence-electron chi connectivity index (χ0n) is 8.57. The van der Waals surface area contributed by atoms with Crippen molar-refractivity contribution in [3.63, 3.8) is 0 Å². The van der Waals surface area contributed by atoms with E-state index < -0.39 is 5.97 Å². The molecule has 0 saturated heterocycles. The van der Waals surface area contributed by atoms with Crippen molar-refractivity contribution < 1.29 is 9.53 Å². The maximum Gasteiger partial charge on any atom is 0.384 e. The fraction of sp³-hybridized carbons (Fsp3) is 0.154. The molecule has 76 valence electrons. The van der Waals surface area contributed by atoms with Crippen molar-refractivity contribution in [1.82, 2.24) is 0 Å². The lowest BCUT2D eigenvalue weighted by Crippen LogP contribution is -1.98. The zero-order chi connectivity index (χ0) is 10.9. The van der Waals surface area contributed by atoms with E-state index in [1.54, 1.807) is 13.0 Å². The Bertz CT molecular complexity index is 394. The van der Waals surface area contributed by atoms with Gasteiger partial charge in [-0.2, -0.15) is 0 Å². The number of ether oxygens (including phenoxy) is 1. The molecule has 2 heteroatoms. The first-order valence-electron chi connectivity index (χ1n) is 4.73. The van der Waals surface area contributed by atoms with Crippen LogP contribution in [0.3, 0.4) is 0 Å². The van der Waals surface area contributed by atoms with Crippen molar-refractivity contribution >= 4 is 12.0 Å². The van der Waals surface area contributed by atoms with Gasteiger partial charge in [0.1, 0.15) is 0 Å². The molecule has 1 aromatic carbocycles. The van der Waals surface area contributed by atoms with E-state index in [1.807, 2.05) is 36.4 Å². The molecule has 0 saturated carbocycles. The van der Waals surface area contributed by atoms with Crippen LogP contribution in [0.1, 0.15) is 12.5 Å². The SMILES string of the molecule is CCOC(=O)C#C/C=C/c1ccccc1. The Kier molecular flexibility index (Phi) is 4.75. The van der Waals surface area contributed by atoms with E-state index in [1.165, 1.54) is 0 Å². The second-order valence-corrected chi connectivity index (χ2v) is 2.73. The highest BCUT2D eigenvalue weighted by molar-refractivity contribution is 5.88. The molecule has 15 heavy (non-hydrogen) atoms. The lowest BCUT2D eigenvalue weighted by atomic mass is 10.2. The van der Waals surface area contributed by atoms with Crippen LogP contribution in [-0.2, 0) is 9.53 Å². The van der Waals surface area contributed by atoms with Gasteiger partial charge in [0, 0.05) is 5.92 Å². The molecule has 0 aliphatic carbocycles. The van der Waals surface area contributed by atoms with E-state index in [4.69, 9.17) is 0 Å². The minimum absolute atomic E-state index is 0.357. The fourth-order valence-corrected chi connectivity index (χ4v) is 0.970. The van der Waals surface area contributed by atoms with Crippen molar-refractivity contribution in [1.29, 1.82) is 0 Å². The van der Waals surface area contributed by atoms with Gasteiger partial charge in [0.05, 0.1) is 6.61 Å². The quantitative estimate of drug-likeness (QED) is 0.416. The third-order valence-corrected chi connectivity index (χ3v) is 1.61. The lowest BCUT2D eigenvalue weighted by molar-refractivity contribution is -0.136. The monoisotopic (exact) mass is 200 g/mol. The second kappa shape index (κ2) is 6.44. The summed E-state index contributed by atoms with van der Waals surface area (Å²) in [6.07, 6.45) is 3.47. The third kappa shape index (κ3) is 4.68. The molecule has 0 unspecified atom stereocenters. The molecule has 0 fully saturated rings. The number of esters is 1. The lowest BCUT2D eigenvalue weighted by Gasteiger charge is -1.90. The molecule has 0 amide bonds. The predicted octanol–water partition coefficient (Wildman–Crippen LogP) is 2.27. The van der Waals surface area contributed by atoms with Gasteiger partial charge in [0.2, 0.25) is 0 Å². The number of benzene rings is 1. The topological polar surface area (TPSA) is 26.3 Å². The van der Waals surface area contributed by atoms with E-state index in [2.05, 4.69) is 16.6 Å². The standard InChI is InChI=1S/C13H12O2/c1-2-15-13(14)11-7-6-10-12-8-4-3-5-9-12/h3-6,8-10H,2H2,1H3/b10-6+. The Balaban J connectivity index is 2.50. The number of hydrogen-bond donors (Lipinski definition) is 0. The number of rotatable bonds is 2. The van der Waals surface area contributed by atoms with Crippen LogP contribution in [0.4, 0.5) is 0 Å². The third-order valence-electron chi connectivity index (χ3n) is 1.61. The number of carbonyl (C=O) groups excluding carboxylic acids is 1. The Labute approximate surface area is 89.6 Å². The van der Waals surface area contributed by atoms with Crippen LogP contribution in [0.25, 0.3) is 6.08 Å². The maximum absolute atomic E-state index is 10.8. The van der Waals surface area contributed by atoms with Gasteiger partial charge in [0.25, 0.3) is 0 Å². The fourth-order valence-electron chi connectivity index (χ4n) is 0.970. The summed E-state index contributed by atoms with van der Waals surface area (Å²) in [7, 11) is 0. The molecule has 0 aliphatic heterocycles. The molecular weight excluding hydrogens is 188 g/mol. The smallest absolute Gasteiger partial charge is 0.384 e. The van der Waals surface area contributed by atoms with Crippen molar-refractivity contribution in [3.05, 3.63) is 42.0 Å². The second-order valence-electron chi connectivity index (χ2n) is 2.73. The van der Waals surface area contributed by atoms with Crippen LogP contribution < -0.4 is 0 Å². The number of hydrogen-bond acceptors (Lipinski definition) is 2.